The van der Waals surface area contributed by atoms with E-state index in [4.69, 9.17) is 10.5 Å². The molecule has 126 valence electrons. The molecule has 2 saturated heterocycles. The molecule has 0 spiro atoms. The Bertz CT molecular complexity index is 564. The summed E-state index contributed by atoms with van der Waals surface area (Å²) >= 11 is 0. The molecule has 0 radical (unpaired) electrons. The molecule has 0 saturated carbocycles. The lowest BCUT2D eigenvalue weighted by Gasteiger charge is -2.24. The molecule has 2 unspecified atom stereocenters. The molecule has 2 atom stereocenters. The van der Waals surface area contributed by atoms with E-state index in [0.29, 0.717) is 23.4 Å². The summed E-state index contributed by atoms with van der Waals surface area (Å²) in [6.45, 7) is 1.57. The van der Waals surface area contributed by atoms with E-state index >= 15 is 0 Å². The van der Waals surface area contributed by atoms with E-state index in [-0.39, 0.29) is 24.9 Å². The molecular formula is C16H22ClN3O3. The van der Waals surface area contributed by atoms with Crippen LogP contribution in [0.3, 0.4) is 0 Å². The first-order chi connectivity index (χ1) is 10.6. The van der Waals surface area contributed by atoms with E-state index in [2.05, 4.69) is 5.32 Å². The number of halogens is 1. The van der Waals surface area contributed by atoms with Gasteiger partial charge in [0.15, 0.2) is 6.61 Å². The van der Waals surface area contributed by atoms with Crippen LogP contribution >= 0.6 is 12.4 Å². The first kappa shape index (κ1) is 17.6. The number of nitrogens with two attached hydrogens (primary N) is 1. The van der Waals surface area contributed by atoms with Crippen LogP contribution in [0.1, 0.15) is 29.6 Å². The molecular weight excluding hydrogens is 318 g/mol. The minimum Gasteiger partial charge on any atom is -0.484 e. The quantitative estimate of drug-likeness (QED) is 0.855. The third-order valence-electron chi connectivity index (χ3n) is 4.38. The maximum atomic E-state index is 12.3. The van der Waals surface area contributed by atoms with Gasteiger partial charge in [0.05, 0.1) is 0 Å². The van der Waals surface area contributed by atoms with Gasteiger partial charge in [-0.05, 0) is 43.5 Å². The van der Waals surface area contributed by atoms with Gasteiger partial charge in [0.25, 0.3) is 5.91 Å². The molecule has 1 aromatic carbocycles. The fraction of sp³-hybridized carbons (Fsp3) is 0.500. The molecule has 6 nitrogen and oxygen atoms in total. The molecule has 7 heteroatoms. The van der Waals surface area contributed by atoms with Crippen LogP contribution in [0.2, 0.25) is 0 Å². The van der Waals surface area contributed by atoms with Gasteiger partial charge in [0, 0.05) is 30.7 Å². The first-order valence-corrected chi connectivity index (χ1v) is 7.68. The lowest BCUT2D eigenvalue weighted by molar-refractivity contribution is -0.133. The van der Waals surface area contributed by atoms with E-state index in [1.165, 1.54) is 6.42 Å². The van der Waals surface area contributed by atoms with E-state index in [1.807, 2.05) is 4.90 Å². The lowest BCUT2D eigenvalue weighted by Crippen LogP contribution is -2.41. The molecule has 3 rings (SSSR count). The predicted octanol–water partition coefficient (Wildman–Crippen LogP) is 0.939. The van der Waals surface area contributed by atoms with Crippen molar-refractivity contribution >= 4 is 24.2 Å². The number of carbonyl (C=O) groups excluding carboxylic acids is 2. The second-order valence-corrected chi connectivity index (χ2v) is 5.94. The summed E-state index contributed by atoms with van der Waals surface area (Å²) in [4.78, 5) is 25.2. The van der Waals surface area contributed by atoms with Crippen molar-refractivity contribution in [1.29, 1.82) is 0 Å². The Hall–Kier alpha value is -1.79. The fourth-order valence-corrected chi connectivity index (χ4v) is 3.12. The Balaban J connectivity index is 0.00000192. The van der Waals surface area contributed by atoms with Crippen LogP contribution in [-0.4, -0.2) is 48.5 Å². The van der Waals surface area contributed by atoms with Crippen molar-refractivity contribution in [2.45, 2.75) is 31.3 Å². The largest absolute Gasteiger partial charge is 0.484 e. The van der Waals surface area contributed by atoms with Crippen LogP contribution < -0.4 is 15.8 Å². The van der Waals surface area contributed by atoms with E-state index < -0.39 is 5.91 Å². The van der Waals surface area contributed by atoms with Gasteiger partial charge in [-0.1, -0.05) is 0 Å². The number of hydrogen-bond acceptors (Lipinski definition) is 4. The normalized spacial score (nSPS) is 22.9. The summed E-state index contributed by atoms with van der Waals surface area (Å²) in [6, 6.07) is 7.48. The highest BCUT2D eigenvalue weighted by molar-refractivity contribution is 5.92. The average molecular weight is 340 g/mol. The zero-order chi connectivity index (χ0) is 15.5. The number of amides is 2. The van der Waals surface area contributed by atoms with Gasteiger partial charge < -0.3 is 20.7 Å². The third-order valence-corrected chi connectivity index (χ3v) is 4.38. The number of ether oxygens (including phenoxy) is 1. The summed E-state index contributed by atoms with van der Waals surface area (Å²) in [5.74, 6) is 0.0934. The van der Waals surface area contributed by atoms with E-state index in [9.17, 15) is 9.59 Å². The molecule has 2 heterocycles. The zero-order valence-electron chi connectivity index (χ0n) is 12.9. The lowest BCUT2D eigenvalue weighted by atomic mass is 10.1. The van der Waals surface area contributed by atoms with E-state index in [0.717, 1.165) is 25.9 Å². The maximum absolute atomic E-state index is 12.3. The first-order valence-electron chi connectivity index (χ1n) is 7.68. The average Bonchev–Trinajstić information content (AvgIpc) is 2.84. The molecule has 0 aliphatic carbocycles. The maximum Gasteiger partial charge on any atom is 0.260 e. The number of nitrogens with one attached hydrogen (secondary N) is 1. The standard InChI is InChI=1S/C16H21N3O3.ClH/c17-16(21)11-1-5-14(6-2-11)22-10-15(20)19-8-7-12-3-4-13(9-19)18-12;/h1-2,5-6,12-13,18H,3-4,7-10H2,(H2,17,21);1H. The second kappa shape index (κ2) is 7.66. The Kier molecular flexibility index (Phi) is 5.85. The summed E-state index contributed by atoms with van der Waals surface area (Å²) in [5, 5.41) is 3.55. The topological polar surface area (TPSA) is 84.7 Å². The van der Waals surface area contributed by atoms with Gasteiger partial charge in [-0.3, -0.25) is 9.59 Å². The fourth-order valence-electron chi connectivity index (χ4n) is 3.12. The minimum atomic E-state index is -0.477. The van der Waals surface area contributed by atoms with Gasteiger partial charge in [-0.25, -0.2) is 0 Å². The van der Waals surface area contributed by atoms with Crippen molar-refractivity contribution in [3.8, 4) is 5.75 Å². The number of fused-ring (bicyclic) bond motifs is 2. The van der Waals surface area contributed by atoms with Crippen LogP contribution in [-0.2, 0) is 4.79 Å². The van der Waals surface area contributed by atoms with Crippen LogP contribution in [0.25, 0.3) is 0 Å². The Morgan fingerprint density at radius 2 is 1.87 bits per heavy atom. The Labute approximate surface area is 141 Å². The molecule has 0 aromatic heterocycles. The summed E-state index contributed by atoms with van der Waals surface area (Å²) in [7, 11) is 0. The zero-order valence-corrected chi connectivity index (χ0v) is 13.7. The number of likely N-dealkylation sites (tertiary alicyclic amines) is 1. The molecule has 2 aliphatic heterocycles. The van der Waals surface area contributed by atoms with Crippen molar-refractivity contribution in [1.82, 2.24) is 10.2 Å². The van der Waals surface area contributed by atoms with Crippen molar-refractivity contribution in [3.63, 3.8) is 0 Å². The predicted molar refractivity (Wildman–Crippen MR) is 88.8 cm³/mol. The molecule has 2 aliphatic rings. The van der Waals surface area contributed by atoms with Crippen LogP contribution in [0.4, 0.5) is 0 Å². The van der Waals surface area contributed by atoms with Crippen LogP contribution in [0, 0.1) is 0 Å². The van der Waals surface area contributed by atoms with Gasteiger partial charge in [-0.15, -0.1) is 12.4 Å². The highest BCUT2D eigenvalue weighted by Crippen LogP contribution is 2.20. The Morgan fingerprint density at radius 3 is 2.57 bits per heavy atom. The highest BCUT2D eigenvalue weighted by Gasteiger charge is 2.31. The summed E-state index contributed by atoms with van der Waals surface area (Å²) < 4.78 is 5.51. The smallest absolute Gasteiger partial charge is 0.260 e. The van der Waals surface area contributed by atoms with E-state index in [1.54, 1.807) is 24.3 Å². The number of nitrogens with zero attached hydrogens (tertiary/aromatic N) is 1. The minimum absolute atomic E-state index is 0. The van der Waals surface area contributed by atoms with Gasteiger partial charge >= 0.3 is 0 Å². The summed E-state index contributed by atoms with van der Waals surface area (Å²) in [6.07, 6.45) is 3.37. The number of carbonyl (C=O) groups is 2. The molecule has 2 bridgehead atoms. The van der Waals surface area contributed by atoms with Gasteiger partial charge in [0.1, 0.15) is 5.75 Å². The van der Waals surface area contributed by atoms with Crippen molar-refractivity contribution in [3.05, 3.63) is 29.8 Å². The molecule has 23 heavy (non-hydrogen) atoms. The number of benzene rings is 1. The summed E-state index contributed by atoms with van der Waals surface area (Å²) in [5.41, 5.74) is 5.61. The molecule has 2 fully saturated rings. The van der Waals surface area contributed by atoms with Crippen LogP contribution in [0.5, 0.6) is 5.75 Å². The second-order valence-electron chi connectivity index (χ2n) is 5.94. The van der Waals surface area contributed by atoms with Crippen molar-refractivity contribution in [2.75, 3.05) is 19.7 Å². The number of rotatable bonds is 4. The SMILES string of the molecule is Cl.NC(=O)c1ccc(OCC(=O)N2CCC3CCC(C2)N3)cc1. The Morgan fingerprint density at radius 1 is 1.17 bits per heavy atom. The number of hydrogen-bond donors (Lipinski definition) is 2. The number of primary amides is 1. The third kappa shape index (κ3) is 4.36. The highest BCUT2D eigenvalue weighted by atomic mass is 35.5. The van der Waals surface area contributed by atoms with Crippen molar-refractivity contribution in [2.24, 2.45) is 5.73 Å². The molecule has 3 N–H and O–H groups in total. The van der Waals surface area contributed by atoms with Gasteiger partial charge in [-0.2, -0.15) is 0 Å². The van der Waals surface area contributed by atoms with Gasteiger partial charge in [0.2, 0.25) is 5.91 Å². The molecule has 1 aromatic rings. The van der Waals surface area contributed by atoms with Crippen molar-refractivity contribution < 1.29 is 14.3 Å². The van der Waals surface area contributed by atoms with Crippen LogP contribution in [0.15, 0.2) is 24.3 Å². The monoisotopic (exact) mass is 339 g/mol. The molecule has 2 amide bonds.